The number of nitrogens with zero attached hydrogens (tertiary/aromatic N) is 2. The highest BCUT2D eigenvalue weighted by Gasteiger charge is 2.36. The molecule has 1 heterocycles. The van der Waals surface area contributed by atoms with Crippen LogP contribution < -0.4 is 5.73 Å². The second kappa shape index (κ2) is 8.45. The van der Waals surface area contributed by atoms with Crippen LogP contribution in [0, 0.1) is 4.91 Å². The van der Waals surface area contributed by atoms with E-state index in [1.165, 1.54) is 4.90 Å². The number of unbranched alkanes of at least 4 members (excludes halogenated alkanes) is 3. The van der Waals surface area contributed by atoms with Gasteiger partial charge in [0.1, 0.15) is 6.04 Å². The molecule has 0 aliphatic carbocycles. The van der Waals surface area contributed by atoms with Gasteiger partial charge in [-0.3, -0.25) is 9.59 Å². The second-order valence-corrected chi connectivity index (χ2v) is 5.14. The molecule has 2 N–H and O–H groups in total. The van der Waals surface area contributed by atoms with Crippen molar-refractivity contribution in [2.75, 3.05) is 6.54 Å². The molecule has 0 aromatic rings. The van der Waals surface area contributed by atoms with Crippen LogP contribution in [0.3, 0.4) is 0 Å². The zero-order valence-corrected chi connectivity index (χ0v) is 11.8. The van der Waals surface area contributed by atoms with Gasteiger partial charge >= 0.3 is 0 Å². The summed E-state index contributed by atoms with van der Waals surface area (Å²) in [6.45, 7) is 4.12. The van der Waals surface area contributed by atoms with E-state index in [0.717, 1.165) is 32.1 Å². The van der Waals surface area contributed by atoms with Crippen LogP contribution >= 0.6 is 0 Å². The van der Waals surface area contributed by atoms with Crippen molar-refractivity contribution in [1.29, 1.82) is 0 Å². The minimum Gasteiger partial charge on any atom is -0.368 e. The Hall–Kier alpha value is -1.72. The molecule has 2 amide bonds. The molecule has 1 rings (SSSR count). The number of carbonyl (C=O) groups is 2. The number of carbonyl (C=O) groups excluding carboxylic acids is 2. The molecular formula is C14H23N3O3. The van der Waals surface area contributed by atoms with Crippen molar-refractivity contribution < 1.29 is 9.59 Å². The van der Waals surface area contributed by atoms with Crippen molar-refractivity contribution >= 4 is 11.8 Å². The first-order valence-corrected chi connectivity index (χ1v) is 7.15. The van der Waals surface area contributed by atoms with Crippen LogP contribution in [-0.2, 0) is 9.59 Å². The molecule has 1 saturated heterocycles. The quantitative estimate of drug-likeness (QED) is 0.396. The van der Waals surface area contributed by atoms with Crippen LogP contribution in [-0.4, -0.2) is 35.3 Å². The van der Waals surface area contributed by atoms with E-state index in [0.29, 0.717) is 19.4 Å². The predicted octanol–water partition coefficient (Wildman–Crippen LogP) is 1.73. The molecule has 0 aromatic heterocycles. The van der Waals surface area contributed by atoms with Crippen LogP contribution in [0.15, 0.2) is 17.8 Å². The van der Waals surface area contributed by atoms with Crippen molar-refractivity contribution in [3.63, 3.8) is 0 Å². The molecule has 0 radical (unpaired) electrons. The molecular weight excluding hydrogens is 258 g/mol. The van der Waals surface area contributed by atoms with E-state index in [1.54, 1.807) is 0 Å². The van der Waals surface area contributed by atoms with E-state index in [1.807, 2.05) is 6.08 Å². The van der Waals surface area contributed by atoms with Crippen molar-refractivity contribution in [2.24, 2.45) is 10.9 Å². The largest absolute Gasteiger partial charge is 0.368 e. The zero-order valence-electron chi connectivity index (χ0n) is 11.8. The fraction of sp³-hybridized carbons (Fsp3) is 0.714. The standard InChI is InChI=1S/C14H23N3O3/c1-2-3-4-5-6-8-11(16-20)14(19)17-10-7-9-12(17)13(15)18/h2,11-12H,1,3-10H2,(H2,15,18)/t11-,12-/m0/s1. The minimum absolute atomic E-state index is 0.356. The summed E-state index contributed by atoms with van der Waals surface area (Å²) >= 11 is 0. The molecule has 2 atom stereocenters. The van der Waals surface area contributed by atoms with Gasteiger partial charge in [-0.05, 0) is 32.1 Å². The third-order valence-corrected chi connectivity index (χ3v) is 3.66. The van der Waals surface area contributed by atoms with Gasteiger partial charge in [0.05, 0.1) is 0 Å². The highest BCUT2D eigenvalue weighted by atomic mass is 16.3. The van der Waals surface area contributed by atoms with Gasteiger partial charge in [0.25, 0.3) is 5.91 Å². The number of hydrogen-bond donors (Lipinski definition) is 1. The van der Waals surface area contributed by atoms with Gasteiger partial charge in [0, 0.05) is 6.54 Å². The molecule has 0 bridgehead atoms. The molecule has 6 nitrogen and oxygen atoms in total. The van der Waals surface area contributed by atoms with Crippen molar-refractivity contribution in [2.45, 2.75) is 57.0 Å². The molecule has 1 aliphatic heterocycles. The Bertz CT molecular complexity index is 371. The average Bonchev–Trinajstić information content (AvgIpc) is 2.91. The lowest BCUT2D eigenvalue weighted by atomic mass is 10.1. The van der Waals surface area contributed by atoms with Crippen LogP contribution in [0.25, 0.3) is 0 Å². The molecule has 0 saturated carbocycles. The maximum Gasteiger partial charge on any atom is 0.251 e. The van der Waals surface area contributed by atoms with E-state index in [9.17, 15) is 14.5 Å². The number of likely N-dealkylation sites (tertiary alicyclic amines) is 1. The smallest absolute Gasteiger partial charge is 0.251 e. The van der Waals surface area contributed by atoms with Gasteiger partial charge in [-0.15, -0.1) is 11.5 Å². The number of allylic oxidation sites excluding steroid dienone is 1. The Morgan fingerprint density at radius 3 is 2.75 bits per heavy atom. The zero-order chi connectivity index (χ0) is 15.0. The van der Waals surface area contributed by atoms with Gasteiger partial charge < -0.3 is 10.6 Å². The lowest BCUT2D eigenvalue weighted by Crippen LogP contribution is -2.47. The molecule has 0 aromatic carbocycles. The number of hydrogen-bond acceptors (Lipinski definition) is 4. The molecule has 20 heavy (non-hydrogen) atoms. The van der Waals surface area contributed by atoms with E-state index in [4.69, 9.17) is 5.73 Å². The van der Waals surface area contributed by atoms with Crippen LogP contribution in [0.4, 0.5) is 0 Å². The fourth-order valence-corrected chi connectivity index (χ4v) is 2.54. The van der Waals surface area contributed by atoms with Crippen molar-refractivity contribution in [3.05, 3.63) is 17.6 Å². The number of rotatable bonds is 9. The SMILES string of the molecule is C=CCCCCC[C@H](N=O)C(=O)N1CCC[C@H]1C(N)=O. The summed E-state index contributed by atoms with van der Waals surface area (Å²) in [7, 11) is 0. The molecule has 0 unspecified atom stereocenters. The third-order valence-electron chi connectivity index (χ3n) is 3.66. The fourth-order valence-electron chi connectivity index (χ4n) is 2.54. The number of amides is 2. The highest BCUT2D eigenvalue weighted by Crippen LogP contribution is 2.20. The normalized spacial score (nSPS) is 19.6. The average molecular weight is 281 g/mol. The topological polar surface area (TPSA) is 92.8 Å². The molecule has 1 aliphatic rings. The first kappa shape index (κ1) is 16.3. The first-order valence-electron chi connectivity index (χ1n) is 7.15. The summed E-state index contributed by atoms with van der Waals surface area (Å²) in [6.07, 6.45) is 7.23. The van der Waals surface area contributed by atoms with Crippen LogP contribution in [0.5, 0.6) is 0 Å². The van der Waals surface area contributed by atoms with Gasteiger partial charge in [-0.25, -0.2) is 0 Å². The van der Waals surface area contributed by atoms with Gasteiger partial charge in [0.2, 0.25) is 5.91 Å². The lowest BCUT2D eigenvalue weighted by molar-refractivity contribution is -0.138. The number of primary amides is 1. The minimum atomic E-state index is -0.890. The van der Waals surface area contributed by atoms with E-state index < -0.39 is 18.0 Å². The summed E-state index contributed by atoms with van der Waals surface area (Å²) in [5, 5.41) is 2.93. The summed E-state index contributed by atoms with van der Waals surface area (Å²) in [6, 6.07) is -1.47. The highest BCUT2D eigenvalue weighted by molar-refractivity contribution is 5.89. The lowest BCUT2D eigenvalue weighted by Gasteiger charge is -2.24. The van der Waals surface area contributed by atoms with Gasteiger partial charge in [-0.2, -0.15) is 0 Å². The monoisotopic (exact) mass is 281 g/mol. The van der Waals surface area contributed by atoms with E-state index in [-0.39, 0.29) is 5.91 Å². The Labute approximate surface area is 119 Å². The number of nitroso groups, excluding NO2 is 1. The Kier molecular flexibility index (Phi) is 6.90. The second-order valence-electron chi connectivity index (χ2n) is 5.14. The van der Waals surface area contributed by atoms with E-state index >= 15 is 0 Å². The Morgan fingerprint density at radius 1 is 1.40 bits per heavy atom. The maximum atomic E-state index is 12.2. The Morgan fingerprint density at radius 2 is 2.15 bits per heavy atom. The van der Waals surface area contributed by atoms with Crippen molar-refractivity contribution in [1.82, 2.24) is 4.90 Å². The van der Waals surface area contributed by atoms with Crippen LogP contribution in [0.1, 0.15) is 44.9 Å². The number of nitrogens with two attached hydrogens (primary N) is 1. The molecule has 112 valence electrons. The molecule has 1 fully saturated rings. The molecule has 6 heteroatoms. The maximum absolute atomic E-state index is 12.2. The first-order chi connectivity index (χ1) is 9.61. The van der Waals surface area contributed by atoms with Crippen LogP contribution in [0.2, 0.25) is 0 Å². The van der Waals surface area contributed by atoms with Gasteiger partial charge in [-0.1, -0.05) is 24.1 Å². The predicted molar refractivity (Wildman–Crippen MR) is 76.8 cm³/mol. The van der Waals surface area contributed by atoms with Crippen molar-refractivity contribution in [3.8, 4) is 0 Å². The third kappa shape index (κ3) is 4.43. The summed E-state index contributed by atoms with van der Waals surface area (Å²) < 4.78 is 0. The Balaban J connectivity index is 2.47. The summed E-state index contributed by atoms with van der Waals surface area (Å²) in [5.41, 5.74) is 5.27. The van der Waals surface area contributed by atoms with E-state index in [2.05, 4.69) is 11.8 Å². The van der Waals surface area contributed by atoms with Gasteiger partial charge in [0.15, 0.2) is 6.04 Å². The molecule has 0 spiro atoms. The summed E-state index contributed by atoms with van der Waals surface area (Å²) in [4.78, 5) is 35.8. The summed E-state index contributed by atoms with van der Waals surface area (Å²) in [5.74, 6) is -0.864.